The zero-order chi connectivity index (χ0) is 18.7. The van der Waals surface area contributed by atoms with Gasteiger partial charge in [0.15, 0.2) is 0 Å². The number of hydrogen-bond donors (Lipinski definition) is 2. The lowest BCUT2D eigenvalue weighted by Crippen LogP contribution is -2.37. The number of halogens is 4. The van der Waals surface area contributed by atoms with Crippen LogP contribution in [-0.4, -0.2) is 16.6 Å². The highest BCUT2D eigenvalue weighted by molar-refractivity contribution is 7.99. The van der Waals surface area contributed by atoms with Crippen LogP contribution < -0.4 is 5.32 Å². The third kappa shape index (κ3) is 5.37. The van der Waals surface area contributed by atoms with Gasteiger partial charge in [-0.05, 0) is 49.4 Å². The van der Waals surface area contributed by atoms with Gasteiger partial charge in [0, 0.05) is 16.3 Å². The smallest absolute Gasteiger partial charge is 0.370 e. The van der Waals surface area contributed by atoms with Crippen LogP contribution in [0.5, 0.6) is 0 Å². The normalized spacial score (nSPS) is 13.8. The molecule has 2 aromatic rings. The molecule has 0 saturated carbocycles. The number of thioether (sulfide) groups is 1. The van der Waals surface area contributed by atoms with Gasteiger partial charge in [-0.1, -0.05) is 0 Å². The molecular weight excluding hydrogens is 356 g/mol. The molecule has 2 N–H and O–H groups in total. The van der Waals surface area contributed by atoms with Gasteiger partial charge in [-0.3, -0.25) is 0 Å². The molecule has 2 aromatic carbocycles. The van der Waals surface area contributed by atoms with Gasteiger partial charge in [0.25, 0.3) is 0 Å². The zero-order valence-electron chi connectivity index (χ0n) is 13.1. The van der Waals surface area contributed by atoms with E-state index in [1.165, 1.54) is 43.0 Å². The maximum atomic E-state index is 13.0. The minimum atomic E-state index is -4.67. The molecule has 2 rings (SSSR count). The summed E-state index contributed by atoms with van der Waals surface area (Å²) in [6.45, 7) is 1.41. The molecule has 0 heterocycles. The molecule has 0 aromatic heterocycles. The number of alkyl halides is 3. The van der Waals surface area contributed by atoms with Crippen molar-refractivity contribution in [1.29, 1.82) is 5.26 Å². The average Bonchev–Trinajstić information content (AvgIpc) is 2.53. The Bertz CT molecular complexity index is 783. The molecule has 0 aliphatic heterocycles. The van der Waals surface area contributed by atoms with Crippen LogP contribution in [0, 0.1) is 17.1 Å². The van der Waals surface area contributed by atoms with Gasteiger partial charge in [0.2, 0.25) is 0 Å². The van der Waals surface area contributed by atoms with Gasteiger partial charge in [-0.15, -0.1) is 11.8 Å². The Balaban J connectivity index is 2.11. The second kappa shape index (κ2) is 7.33. The van der Waals surface area contributed by atoms with Crippen LogP contribution >= 0.6 is 11.8 Å². The summed E-state index contributed by atoms with van der Waals surface area (Å²) in [6.07, 6.45) is -4.67. The highest BCUT2D eigenvalue weighted by Crippen LogP contribution is 2.34. The lowest BCUT2D eigenvalue weighted by atomic mass is 10.1. The highest BCUT2D eigenvalue weighted by atomic mass is 32.2. The van der Waals surface area contributed by atoms with E-state index in [0.717, 1.165) is 12.1 Å². The van der Waals surface area contributed by atoms with Gasteiger partial charge >= 0.3 is 6.18 Å². The molecular formula is C17H14F4N2OS. The molecule has 0 bridgehead atoms. The molecule has 0 spiro atoms. The fourth-order valence-corrected chi connectivity index (χ4v) is 2.90. The van der Waals surface area contributed by atoms with Crippen molar-refractivity contribution in [2.45, 2.75) is 23.7 Å². The Hall–Kier alpha value is -2.24. The summed E-state index contributed by atoms with van der Waals surface area (Å²) in [5, 5.41) is 21.8. The van der Waals surface area contributed by atoms with E-state index in [-0.39, 0.29) is 17.3 Å². The van der Waals surface area contributed by atoms with E-state index in [0.29, 0.717) is 4.90 Å². The molecule has 0 radical (unpaired) electrons. The predicted molar refractivity (Wildman–Crippen MR) is 87.5 cm³/mol. The largest absolute Gasteiger partial charge is 0.417 e. The molecule has 0 saturated heterocycles. The number of benzene rings is 2. The fraction of sp³-hybridized carbons (Fsp3) is 0.235. The van der Waals surface area contributed by atoms with Crippen molar-refractivity contribution < 1.29 is 22.7 Å². The quantitative estimate of drug-likeness (QED) is 0.458. The first-order chi connectivity index (χ1) is 11.6. The Morgan fingerprint density at radius 1 is 1.16 bits per heavy atom. The number of rotatable bonds is 5. The molecule has 0 amide bonds. The van der Waals surface area contributed by atoms with E-state index < -0.39 is 23.0 Å². The first kappa shape index (κ1) is 19.1. The number of nitrogens with one attached hydrogen (secondary N) is 1. The van der Waals surface area contributed by atoms with E-state index in [9.17, 15) is 22.7 Å². The van der Waals surface area contributed by atoms with Crippen LogP contribution in [0.4, 0.5) is 23.2 Å². The molecule has 1 unspecified atom stereocenters. The fourth-order valence-electron chi connectivity index (χ4n) is 2.06. The zero-order valence-corrected chi connectivity index (χ0v) is 13.9. The van der Waals surface area contributed by atoms with Crippen molar-refractivity contribution >= 4 is 17.4 Å². The van der Waals surface area contributed by atoms with Crippen molar-refractivity contribution in [2.24, 2.45) is 0 Å². The van der Waals surface area contributed by atoms with Crippen LogP contribution in [-0.2, 0) is 6.18 Å². The maximum Gasteiger partial charge on any atom is 0.417 e. The summed E-state index contributed by atoms with van der Waals surface area (Å²) >= 11 is 1.22. The van der Waals surface area contributed by atoms with E-state index in [1.807, 2.05) is 0 Å². The maximum absolute atomic E-state index is 13.0. The van der Waals surface area contributed by atoms with Crippen molar-refractivity contribution in [1.82, 2.24) is 0 Å². The van der Waals surface area contributed by atoms with Gasteiger partial charge in [0.05, 0.1) is 17.2 Å². The summed E-state index contributed by atoms with van der Waals surface area (Å²) in [7, 11) is 0. The summed E-state index contributed by atoms with van der Waals surface area (Å²) < 4.78 is 51.8. The Kier molecular flexibility index (Phi) is 5.60. The van der Waals surface area contributed by atoms with E-state index >= 15 is 0 Å². The van der Waals surface area contributed by atoms with Gasteiger partial charge in [-0.2, -0.15) is 18.4 Å². The first-order valence-electron chi connectivity index (χ1n) is 7.11. The van der Waals surface area contributed by atoms with E-state index in [1.54, 1.807) is 12.1 Å². The summed E-state index contributed by atoms with van der Waals surface area (Å²) in [5.41, 5.74) is -3.03. The number of hydrogen-bond acceptors (Lipinski definition) is 4. The minimum Gasteiger partial charge on any atom is -0.370 e. The van der Waals surface area contributed by atoms with Gasteiger partial charge in [-0.25, -0.2) is 4.39 Å². The van der Waals surface area contributed by atoms with Crippen molar-refractivity contribution in [3.05, 3.63) is 59.4 Å². The Labute approximate surface area is 146 Å². The number of nitriles is 1. The van der Waals surface area contributed by atoms with Crippen LogP contribution in [0.2, 0.25) is 0 Å². The number of nitrogens with zero attached hydrogens (tertiary/aromatic N) is 1. The van der Waals surface area contributed by atoms with Gasteiger partial charge in [0.1, 0.15) is 11.5 Å². The van der Waals surface area contributed by atoms with Crippen LogP contribution in [0.1, 0.15) is 18.1 Å². The lowest BCUT2D eigenvalue weighted by molar-refractivity contribution is -0.137. The molecule has 1 atom stereocenters. The van der Waals surface area contributed by atoms with Crippen molar-refractivity contribution in [2.75, 3.05) is 11.1 Å². The average molecular weight is 370 g/mol. The first-order valence-corrected chi connectivity index (χ1v) is 8.09. The second-order valence-electron chi connectivity index (χ2n) is 5.51. The summed E-state index contributed by atoms with van der Waals surface area (Å²) in [5.74, 6) is -0.272. The topological polar surface area (TPSA) is 56.0 Å². The molecule has 25 heavy (non-hydrogen) atoms. The molecule has 8 heteroatoms. The molecule has 132 valence electrons. The van der Waals surface area contributed by atoms with Crippen molar-refractivity contribution in [3.8, 4) is 6.07 Å². The van der Waals surface area contributed by atoms with E-state index in [4.69, 9.17) is 5.26 Å². The monoisotopic (exact) mass is 370 g/mol. The SMILES string of the molecule is CC(O)(CSc1ccc(F)cc1)Nc1ccc(C#N)c(C(F)(F)F)c1. The summed E-state index contributed by atoms with van der Waals surface area (Å²) in [4.78, 5) is 0.708. The molecule has 0 fully saturated rings. The van der Waals surface area contributed by atoms with Crippen molar-refractivity contribution in [3.63, 3.8) is 0 Å². The third-order valence-electron chi connectivity index (χ3n) is 3.19. The lowest BCUT2D eigenvalue weighted by Gasteiger charge is -2.26. The Morgan fingerprint density at radius 2 is 1.80 bits per heavy atom. The number of aliphatic hydroxyl groups is 1. The minimum absolute atomic E-state index is 0.0380. The van der Waals surface area contributed by atoms with Crippen LogP contribution in [0.25, 0.3) is 0 Å². The van der Waals surface area contributed by atoms with E-state index in [2.05, 4.69) is 5.32 Å². The summed E-state index contributed by atoms with van der Waals surface area (Å²) in [6, 6.07) is 10.3. The Morgan fingerprint density at radius 3 is 2.36 bits per heavy atom. The molecule has 3 nitrogen and oxygen atoms in total. The molecule has 0 aliphatic carbocycles. The predicted octanol–water partition coefficient (Wildman–Crippen LogP) is 4.63. The standard InChI is InChI=1S/C17H14F4N2OS/c1-16(24,10-25-14-6-3-12(18)4-7-14)23-13-5-2-11(9-22)15(8-13)17(19,20)21/h2-8,23-24H,10H2,1H3. The van der Waals surface area contributed by atoms with Gasteiger partial charge < -0.3 is 10.4 Å². The second-order valence-corrected chi connectivity index (χ2v) is 6.56. The van der Waals surface area contributed by atoms with Crippen LogP contribution in [0.15, 0.2) is 47.4 Å². The number of anilines is 1. The highest BCUT2D eigenvalue weighted by Gasteiger charge is 2.34. The van der Waals surface area contributed by atoms with Crippen LogP contribution in [0.3, 0.4) is 0 Å². The third-order valence-corrected chi connectivity index (χ3v) is 4.50. The molecule has 0 aliphatic rings.